The van der Waals surface area contributed by atoms with Crippen LogP contribution in [0.1, 0.15) is 22.8 Å². The fourth-order valence-electron chi connectivity index (χ4n) is 2.48. The number of nitriles is 1. The van der Waals surface area contributed by atoms with Gasteiger partial charge in [-0.2, -0.15) is 5.26 Å². The van der Waals surface area contributed by atoms with Crippen molar-refractivity contribution in [3.8, 4) is 11.8 Å². The molecule has 0 aliphatic carbocycles. The molecular formula is C18H13NO4. The number of phenolic OH excluding ortho intramolecular Hbond substituents is 1. The minimum atomic E-state index is -0.988. The van der Waals surface area contributed by atoms with Gasteiger partial charge in [0.05, 0.1) is 11.6 Å². The summed E-state index contributed by atoms with van der Waals surface area (Å²) in [4.78, 5) is 11.6. The number of carboxylic acid groups (broad SMARTS) is 1. The molecule has 3 rings (SSSR count). The second-order valence-electron chi connectivity index (χ2n) is 5.27. The summed E-state index contributed by atoms with van der Waals surface area (Å²) < 4.78 is 5.65. The van der Waals surface area contributed by atoms with E-state index in [9.17, 15) is 15.0 Å². The number of carboxylic acids is 1. The molecular weight excluding hydrogens is 294 g/mol. The standard InChI is InChI=1S/C18H13NO4/c19-10-12-3-6-16-13(7-12)9-17(23-16)15(18(21)22)8-11-1-4-14(20)5-2-11/h1-7,9,15,20H,8H2,(H,21,22). The van der Waals surface area contributed by atoms with Crippen LogP contribution in [0.4, 0.5) is 0 Å². The Morgan fingerprint density at radius 2 is 1.91 bits per heavy atom. The third kappa shape index (κ3) is 3.01. The predicted molar refractivity (Wildman–Crippen MR) is 83.1 cm³/mol. The van der Waals surface area contributed by atoms with Crippen LogP contribution in [0.5, 0.6) is 5.75 Å². The lowest BCUT2D eigenvalue weighted by atomic mass is 9.97. The van der Waals surface area contributed by atoms with Crippen LogP contribution in [0, 0.1) is 11.3 Å². The first-order chi connectivity index (χ1) is 11.1. The van der Waals surface area contributed by atoms with Gasteiger partial charge in [0.15, 0.2) is 0 Å². The minimum Gasteiger partial charge on any atom is -0.508 e. The van der Waals surface area contributed by atoms with Crippen LogP contribution in [-0.2, 0) is 11.2 Å². The molecule has 0 fully saturated rings. The molecule has 114 valence electrons. The third-order valence-electron chi connectivity index (χ3n) is 3.68. The number of benzene rings is 2. The molecule has 0 spiro atoms. The van der Waals surface area contributed by atoms with E-state index in [2.05, 4.69) is 0 Å². The topological polar surface area (TPSA) is 94.5 Å². The van der Waals surface area contributed by atoms with Gasteiger partial charge in [-0.15, -0.1) is 0 Å². The first kappa shape index (κ1) is 14.7. The van der Waals surface area contributed by atoms with Crippen LogP contribution >= 0.6 is 0 Å². The van der Waals surface area contributed by atoms with E-state index < -0.39 is 11.9 Å². The lowest BCUT2D eigenvalue weighted by molar-refractivity contribution is -0.139. The number of furan rings is 1. The van der Waals surface area contributed by atoms with Crippen LogP contribution in [-0.4, -0.2) is 16.2 Å². The van der Waals surface area contributed by atoms with E-state index >= 15 is 0 Å². The number of carbonyl (C=O) groups is 1. The van der Waals surface area contributed by atoms with Crippen molar-refractivity contribution in [3.63, 3.8) is 0 Å². The second kappa shape index (κ2) is 5.85. The van der Waals surface area contributed by atoms with Crippen molar-refractivity contribution < 1.29 is 19.4 Å². The molecule has 2 N–H and O–H groups in total. The molecule has 0 aliphatic heterocycles. The fraction of sp³-hybridized carbons (Fsp3) is 0.111. The molecule has 1 aromatic heterocycles. The molecule has 0 amide bonds. The van der Waals surface area contributed by atoms with Gasteiger partial charge in [0.1, 0.15) is 23.0 Å². The zero-order valence-corrected chi connectivity index (χ0v) is 12.1. The highest BCUT2D eigenvalue weighted by atomic mass is 16.4. The first-order valence-electron chi connectivity index (χ1n) is 7.01. The van der Waals surface area contributed by atoms with E-state index in [0.717, 1.165) is 5.56 Å². The summed E-state index contributed by atoms with van der Waals surface area (Å²) in [6, 6.07) is 15.1. The Balaban J connectivity index is 1.96. The molecule has 0 aliphatic rings. The summed E-state index contributed by atoms with van der Waals surface area (Å²) in [5.41, 5.74) is 1.83. The predicted octanol–water partition coefficient (Wildman–Crippen LogP) is 3.42. The molecule has 3 aromatic rings. The van der Waals surface area contributed by atoms with Gasteiger partial charge in [-0.05, 0) is 48.4 Å². The van der Waals surface area contributed by atoms with Gasteiger partial charge >= 0.3 is 5.97 Å². The fourth-order valence-corrected chi connectivity index (χ4v) is 2.48. The summed E-state index contributed by atoms with van der Waals surface area (Å²) in [5.74, 6) is -1.35. The van der Waals surface area contributed by atoms with E-state index in [1.165, 1.54) is 12.1 Å². The van der Waals surface area contributed by atoms with Gasteiger partial charge in [-0.1, -0.05) is 12.1 Å². The lowest BCUT2D eigenvalue weighted by Gasteiger charge is -2.09. The number of fused-ring (bicyclic) bond motifs is 1. The second-order valence-corrected chi connectivity index (χ2v) is 5.27. The summed E-state index contributed by atoms with van der Waals surface area (Å²) >= 11 is 0. The normalized spacial score (nSPS) is 12.0. The number of aliphatic carboxylic acids is 1. The minimum absolute atomic E-state index is 0.133. The van der Waals surface area contributed by atoms with E-state index in [1.54, 1.807) is 36.4 Å². The van der Waals surface area contributed by atoms with Crippen molar-refractivity contribution >= 4 is 16.9 Å². The molecule has 0 saturated heterocycles. The Hall–Kier alpha value is -3.26. The van der Waals surface area contributed by atoms with Gasteiger partial charge in [0.25, 0.3) is 0 Å². The van der Waals surface area contributed by atoms with Crippen molar-refractivity contribution in [2.45, 2.75) is 12.3 Å². The number of aromatic hydroxyl groups is 1. The third-order valence-corrected chi connectivity index (χ3v) is 3.68. The van der Waals surface area contributed by atoms with Gasteiger partial charge in [-0.25, -0.2) is 0 Å². The van der Waals surface area contributed by atoms with Crippen LogP contribution in [0.15, 0.2) is 52.9 Å². The van der Waals surface area contributed by atoms with Crippen LogP contribution < -0.4 is 0 Å². The summed E-state index contributed by atoms with van der Waals surface area (Å²) in [6.07, 6.45) is 0.251. The highest BCUT2D eigenvalue weighted by Crippen LogP contribution is 2.29. The monoisotopic (exact) mass is 307 g/mol. The van der Waals surface area contributed by atoms with Crippen LogP contribution in [0.3, 0.4) is 0 Å². The summed E-state index contributed by atoms with van der Waals surface area (Å²) in [6.45, 7) is 0. The lowest BCUT2D eigenvalue weighted by Crippen LogP contribution is -2.13. The van der Waals surface area contributed by atoms with Crippen molar-refractivity contribution in [1.29, 1.82) is 5.26 Å². The molecule has 0 bridgehead atoms. The van der Waals surface area contributed by atoms with E-state index in [0.29, 0.717) is 22.3 Å². The quantitative estimate of drug-likeness (QED) is 0.770. The molecule has 0 radical (unpaired) electrons. The highest BCUT2D eigenvalue weighted by Gasteiger charge is 2.24. The average Bonchev–Trinajstić information content (AvgIpc) is 2.96. The van der Waals surface area contributed by atoms with Gasteiger partial charge < -0.3 is 14.6 Å². The molecule has 23 heavy (non-hydrogen) atoms. The molecule has 1 heterocycles. The summed E-state index contributed by atoms with van der Waals surface area (Å²) in [5, 5.41) is 28.4. The maximum atomic E-state index is 11.6. The molecule has 0 saturated carbocycles. The maximum Gasteiger partial charge on any atom is 0.314 e. The zero-order chi connectivity index (χ0) is 16.4. The van der Waals surface area contributed by atoms with Gasteiger partial charge in [0, 0.05) is 5.39 Å². The zero-order valence-electron chi connectivity index (χ0n) is 12.1. The van der Waals surface area contributed by atoms with Gasteiger partial charge in [-0.3, -0.25) is 4.79 Å². The van der Waals surface area contributed by atoms with Crippen molar-refractivity contribution in [2.75, 3.05) is 0 Å². The Kier molecular flexibility index (Phi) is 3.73. The molecule has 5 heteroatoms. The van der Waals surface area contributed by atoms with E-state index in [1.807, 2.05) is 6.07 Å². The van der Waals surface area contributed by atoms with Gasteiger partial charge in [0.2, 0.25) is 0 Å². The first-order valence-corrected chi connectivity index (χ1v) is 7.01. The Morgan fingerprint density at radius 3 is 2.57 bits per heavy atom. The van der Waals surface area contributed by atoms with Crippen molar-refractivity contribution in [1.82, 2.24) is 0 Å². The van der Waals surface area contributed by atoms with E-state index in [4.69, 9.17) is 9.68 Å². The molecule has 1 unspecified atom stereocenters. The number of phenols is 1. The smallest absolute Gasteiger partial charge is 0.314 e. The molecule has 1 atom stereocenters. The Labute approximate surface area is 132 Å². The van der Waals surface area contributed by atoms with Crippen LogP contribution in [0.2, 0.25) is 0 Å². The SMILES string of the molecule is N#Cc1ccc2oc(C(Cc3ccc(O)cc3)C(=O)O)cc2c1. The number of rotatable bonds is 4. The Bertz CT molecular complexity index is 903. The van der Waals surface area contributed by atoms with Crippen molar-refractivity contribution in [3.05, 3.63) is 65.4 Å². The molecule has 5 nitrogen and oxygen atoms in total. The number of hydrogen-bond donors (Lipinski definition) is 2. The summed E-state index contributed by atoms with van der Waals surface area (Å²) in [7, 11) is 0. The number of nitrogens with zero attached hydrogens (tertiary/aromatic N) is 1. The van der Waals surface area contributed by atoms with Crippen LogP contribution in [0.25, 0.3) is 11.0 Å². The largest absolute Gasteiger partial charge is 0.508 e. The molecule has 2 aromatic carbocycles. The average molecular weight is 307 g/mol. The highest BCUT2D eigenvalue weighted by molar-refractivity contribution is 5.83. The number of hydrogen-bond acceptors (Lipinski definition) is 4. The maximum absolute atomic E-state index is 11.6. The Morgan fingerprint density at radius 1 is 1.17 bits per heavy atom. The van der Waals surface area contributed by atoms with Crippen molar-refractivity contribution in [2.24, 2.45) is 0 Å². The van der Waals surface area contributed by atoms with E-state index in [-0.39, 0.29) is 12.2 Å².